The number of hydrogen-bond donors (Lipinski definition) is 1. The van der Waals surface area contributed by atoms with Crippen LogP contribution < -0.4 is 4.72 Å². The van der Waals surface area contributed by atoms with Gasteiger partial charge in [0.2, 0.25) is 10.0 Å². The molecule has 2 heterocycles. The predicted octanol–water partition coefficient (Wildman–Crippen LogP) is 2.03. The Morgan fingerprint density at radius 3 is 2.82 bits per heavy atom. The molecule has 0 aliphatic rings. The van der Waals surface area contributed by atoms with E-state index in [1.165, 1.54) is 11.3 Å². The Morgan fingerprint density at radius 1 is 1.41 bits per heavy atom. The Morgan fingerprint density at radius 2 is 2.24 bits per heavy atom. The van der Waals surface area contributed by atoms with E-state index in [2.05, 4.69) is 9.71 Å². The first-order valence-corrected chi connectivity index (χ1v) is 8.26. The highest BCUT2D eigenvalue weighted by Crippen LogP contribution is 2.15. The van der Waals surface area contributed by atoms with Crippen LogP contribution in [-0.4, -0.2) is 19.9 Å². The standard InChI is InChI=1S/C10H12N2O2S3/c1-8-7-16-9(12-8)4-5-11-17(13,14)10-3-2-6-15-10/h2-3,6-7,11H,4-5H2,1H3. The molecule has 1 N–H and O–H groups in total. The minimum Gasteiger partial charge on any atom is -0.247 e. The van der Waals surface area contributed by atoms with Crippen LogP contribution in [0.15, 0.2) is 27.1 Å². The topological polar surface area (TPSA) is 59.1 Å². The van der Waals surface area contributed by atoms with Crippen molar-refractivity contribution in [2.45, 2.75) is 17.6 Å². The number of rotatable bonds is 5. The molecule has 0 fully saturated rings. The highest BCUT2D eigenvalue weighted by atomic mass is 32.2. The summed E-state index contributed by atoms with van der Waals surface area (Å²) in [6.45, 7) is 2.31. The Labute approximate surface area is 108 Å². The maximum Gasteiger partial charge on any atom is 0.250 e. The number of nitrogens with zero attached hydrogens (tertiary/aromatic N) is 1. The van der Waals surface area contributed by atoms with Gasteiger partial charge in [0.25, 0.3) is 0 Å². The van der Waals surface area contributed by atoms with Gasteiger partial charge in [0.05, 0.1) is 5.01 Å². The average Bonchev–Trinajstić information content (AvgIpc) is 2.89. The zero-order valence-corrected chi connectivity index (χ0v) is 11.7. The zero-order valence-electron chi connectivity index (χ0n) is 9.21. The van der Waals surface area contributed by atoms with Crippen LogP contribution in [0.1, 0.15) is 10.7 Å². The summed E-state index contributed by atoms with van der Waals surface area (Å²) in [6, 6.07) is 3.32. The molecule has 0 bridgehead atoms. The van der Waals surface area contributed by atoms with Gasteiger partial charge in [0.15, 0.2) is 0 Å². The Balaban J connectivity index is 1.91. The van der Waals surface area contributed by atoms with Crippen molar-refractivity contribution in [3.05, 3.63) is 33.6 Å². The second-order valence-corrected chi connectivity index (χ2v) is 7.35. The number of nitrogens with one attached hydrogen (secondary N) is 1. The molecule has 0 aromatic carbocycles. The number of hydrogen-bond acceptors (Lipinski definition) is 5. The van der Waals surface area contributed by atoms with E-state index in [1.807, 2.05) is 12.3 Å². The highest BCUT2D eigenvalue weighted by Gasteiger charge is 2.14. The maximum atomic E-state index is 11.8. The monoisotopic (exact) mass is 288 g/mol. The summed E-state index contributed by atoms with van der Waals surface area (Å²) in [6.07, 6.45) is 0.628. The Kier molecular flexibility index (Phi) is 3.93. The fourth-order valence-electron chi connectivity index (χ4n) is 1.30. The lowest BCUT2D eigenvalue weighted by Gasteiger charge is -2.02. The van der Waals surface area contributed by atoms with Gasteiger partial charge in [-0.1, -0.05) is 6.07 Å². The summed E-state index contributed by atoms with van der Waals surface area (Å²) >= 11 is 2.77. The summed E-state index contributed by atoms with van der Waals surface area (Å²) in [5, 5.41) is 4.67. The molecule has 7 heteroatoms. The van der Waals surface area contributed by atoms with Crippen LogP contribution in [0, 0.1) is 6.92 Å². The van der Waals surface area contributed by atoms with Crippen molar-refractivity contribution in [1.29, 1.82) is 0 Å². The summed E-state index contributed by atoms with van der Waals surface area (Å²) in [5.41, 5.74) is 0.978. The Bertz CT molecular complexity index is 572. The van der Waals surface area contributed by atoms with Crippen LogP contribution in [0.5, 0.6) is 0 Å². The molecule has 4 nitrogen and oxygen atoms in total. The molecule has 0 radical (unpaired) electrons. The molecule has 0 unspecified atom stereocenters. The Hall–Kier alpha value is -0.760. The lowest BCUT2D eigenvalue weighted by molar-refractivity contribution is 0.583. The van der Waals surface area contributed by atoms with E-state index in [0.717, 1.165) is 10.7 Å². The summed E-state index contributed by atoms with van der Waals surface area (Å²) in [7, 11) is -3.33. The minimum absolute atomic E-state index is 0.354. The number of thiazole rings is 1. The summed E-state index contributed by atoms with van der Waals surface area (Å²) in [4.78, 5) is 4.28. The van der Waals surface area contributed by atoms with Crippen LogP contribution in [-0.2, 0) is 16.4 Å². The summed E-state index contributed by atoms with van der Waals surface area (Å²) in [5.74, 6) is 0. The number of aromatic nitrogens is 1. The van der Waals surface area contributed by atoms with Gasteiger partial charge in [-0.25, -0.2) is 18.1 Å². The van der Waals surface area contributed by atoms with Crippen molar-refractivity contribution in [1.82, 2.24) is 9.71 Å². The van der Waals surface area contributed by atoms with Gasteiger partial charge in [-0.3, -0.25) is 0 Å². The van der Waals surface area contributed by atoms with E-state index in [1.54, 1.807) is 28.8 Å². The van der Waals surface area contributed by atoms with Crippen molar-refractivity contribution in [3.8, 4) is 0 Å². The van der Waals surface area contributed by atoms with Gasteiger partial charge in [0.1, 0.15) is 4.21 Å². The molecule has 0 amide bonds. The molecule has 2 rings (SSSR count). The van der Waals surface area contributed by atoms with Gasteiger partial charge in [0, 0.05) is 24.0 Å². The maximum absolute atomic E-state index is 11.8. The molecule has 0 atom stereocenters. The van der Waals surface area contributed by atoms with E-state index < -0.39 is 10.0 Å². The van der Waals surface area contributed by atoms with Crippen molar-refractivity contribution < 1.29 is 8.42 Å². The second kappa shape index (κ2) is 5.26. The van der Waals surface area contributed by atoms with Gasteiger partial charge < -0.3 is 0 Å². The molecule has 2 aromatic rings. The normalized spacial score (nSPS) is 11.8. The van der Waals surface area contributed by atoms with E-state index in [-0.39, 0.29) is 0 Å². The smallest absolute Gasteiger partial charge is 0.247 e. The molecule has 2 aromatic heterocycles. The van der Waals surface area contributed by atoms with Crippen LogP contribution in [0.25, 0.3) is 0 Å². The van der Waals surface area contributed by atoms with Gasteiger partial charge in [-0.15, -0.1) is 22.7 Å². The fourth-order valence-corrected chi connectivity index (χ4v) is 4.14. The first kappa shape index (κ1) is 12.7. The van der Waals surface area contributed by atoms with Crippen molar-refractivity contribution in [3.63, 3.8) is 0 Å². The third-order valence-corrected chi connectivity index (χ3v) is 5.94. The molecule has 0 spiro atoms. The quantitative estimate of drug-likeness (QED) is 0.916. The van der Waals surface area contributed by atoms with E-state index in [9.17, 15) is 8.42 Å². The highest BCUT2D eigenvalue weighted by molar-refractivity contribution is 7.91. The van der Waals surface area contributed by atoms with Gasteiger partial charge >= 0.3 is 0 Å². The van der Waals surface area contributed by atoms with Crippen LogP contribution >= 0.6 is 22.7 Å². The lowest BCUT2D eigenvalue weighted by atomic mass is 10.4. The third kappa shape index (κ3) is 3.35. The first-order chi connectivity index (χ1) is 8.08. The van der Waals surface area contributed by atoms with E-state index in [4.69, 9.17) is 0 Å². The minimum atomic E-state index is -3.33. The first-order valence-electron chi connectivity index (χ1n) is 5.02. The predicted molar refractivity (Wildman–Crippen MR) is 70.1 cm³/mol. The van der Waals surface area contributed by atoms with Crippen molar-refractivity contribution in [2.75, 3.05) is 6.54 Å². The van der Waals surface area contributed by atoms with Crippen LogP contribution in [0.2, 0.25) is 0 Å². The third-order valence-electron chi connectivity index (χ3n) is 2.06. The molecule has 0 aliphatic heterocycles. The van der Waals surface area contributed by atoms with Crippen LogP contribution in [0.3, 0.4) is 0 Å². The second-order valence-electron chi connectivity index (χ2n) is 3.46. The fraction of sp³-hybridized carbons (Fsp3) is 0.300. The summed E-state index contributed by atoms with van der Waals surface area (Å²) < 4.78 is 26.5. The lowest BCUT2D eigenvalue weighted by Crippen LogP contribution is -2.25. The molecule has 92 valence electrons. The van der Waals surface area contributed by atoms with E-state index >= 15 is 0 Å². The zero-order chi connectivity index (χ0) is 12.3. The molecule has 0 aliphatic carbocycles. The van der Waals surface area contributed by atoms with Crippen LogP contribution in [0.4, 0.5) is 0 Å². The number of sulfonamides is 1. The molecular weight excluding hydrogens is 276 g/mol. The van der Waals surface area contributed by atoms with Gasteiger partial charge in [-0.05, 0) is 18.4 Å². The molecular formula is C10H12N2O2S3. The number of thiophene rings is 1. The molecule has 0 saturated carbocycles. The van der Waals surface area contributed by atoms with E-state index in [0.29, 0.717) is 17.2 Å². The molecule has 17 heavy (non-hydrogen) atoms. The van der Waals surface area contributed by atoms with Gasteiger partial charge in [-0.2, -0.15) is 0 Å². The molecule has 0 saturated heterocycles. The van der Waals surface area contributed by atoms with Crippen molar-refractivity contribution >= 4 is 32.7 Å². The van der Waals surface area contributed by atoms with Crippen molar-refractivity contribution in [2.24, 2.45) is 0 Å². The number of aryl methyl sites for hydroxylation is 1. The SMILES string of the molecule is Cc1csc(CCNS(=O)(=O)c2cccs2)n1. The average molecular weight is 288 g/mol. The largest absolute Gasteiger partial charge is 0.250 e.